The van der Waals surface area contributed by atoms with E-state index in [-0.39, 0.29) is 17.7 Å². The first-order chi connectivity index (χ1) is 9.31. The molecular formula is C15H19NO3. The lowest BCUT2D eigenvalue weighted by Crippen LogP contribution is -2.39. The number of hydrogen-bond acceptors (Lipinski definition) is 4. The molecule has 2 atom stereocenters. The lowest BCUT2D eigenvalue weighted by atomic mass is 9.92. The van der Waals surface area contributed by atoms with Gasteiger partial charge in [0.2, 0.25) is 0 Å². The lowest BCUT2D eigenvalue weighted by molar-refractivity contribution is 0.0888. The molecule has 0 bridgehead atoms. The first kappa shape index (κ1) is 12.6. The van der Waals surface area contributed by atoms with Gasteiger partial charge in [0, 0.05) is 12.5 Å². The zero-order valence-corrected chi connectivity index (χ0v) is 11.1. The van der Waals surface area contributed by atoms with Crippen molar-refractivity contribution in [1.29, 1.82) is 0 Å². The Bertz CT molecular complexity index is 486. The highest BCUT2D eigenvalue weighted by Crippen LogP contribution is 2.32. The number of carbonyl (C=O) groups is 1. The van der Waals surface area contributed by atoms with E-state index in [1.807, 2.05) is 25.1 Å². The van der Waals surface area contributed by atoms with Crippen LogP contribution in [0.2, 0.25) is 0 Å². The van der Waals surface area contributed by atoms with Crippen molar-refractivity contribution in [3.63, 3.8) is 0 Å². The van der Waals surface area contributed by atoms with Crippen LogP contribution in [0.3, 0.4) is 0 Å². The molecule has 1 fully saturated rings. The summed E-state index contributed by atoms with van der Waals surface area (Å²) in [4.78, 5) is 12.7. The summed E-state index contributed by atoms with van der Waals surface area (Å²) in [5, 5.41) is 3.33. The molecule has 4 nitrogen and oxygen atoms in total. The van der Waals surface area contributed by atoms with E-state index in [2.05, 4.69) is 5.32 Å². The molecule has 1 aromatic rings. The Morgan fingerprint density at radius 3 is 3.16 bits per heavy atom. The van der Waals surface area contributed by atoms with Crippen LogP contribution in [-0.2, 0) is 11.2 Å². The van der Waals surface area contributed by atoms with Crippen molar-refractivity contribution in [2.75, 3.05) is 26.4 Å². The Morgan fingerprint density at radius 2 is 2.32 bits per heavy atom. The van der Waals surface area contributed by atoms with Gasteiger partial charge in [0.05, 0.1) is 31.3 Å². The number of carbonyl (C=O) groups excluding carboxylic acids is 1. The standard InChI is InChI=1S/C15H19NO3/c1-2-16-13-9-18-8-12(13)14(17)11-5-3-4-10-6-7-19-15(10)11/h3-5,12-13,16H,2,6-9H2,1H3. The molecule has 2 heterocycles. The van der Waals surface area contributed by atoms with E-state index in [0.717, 1.165) is 24.3 Å². The molecule has 4 heteroatoms. The number of Topliss-reactive ketones (excluding diaryl/α,β-unsaturated/α-hetero) is 1. The average Bonchev–Trinajstić information content (AvgIpc) is 3.06. The smallest absolute Gasteiger partial charge is 0.173 e. The molecule has 102 valence electrons. The normalized spacial score (nSPS) is 25.1. The summed E-state index contributed by atoms with van der Waals surface area (Å²) in [7, 11) is 0. The lowest BCUT2D eigenvalue weighted by Gasteiger charge is -2.18. The SMILES string of the molecule is CCNC1COCC1C(=O)c1cccc2c1OCC2. The van der Waals surface area contributed by atoms with Gasteiger partial charge in [0.1, 0.15) is 5.75 Å². The van der Waals surface area contributed by atoms with E-state index in [0.29, 0.717) is 25.4 Å². The van der Waals surface area contributed by atoms with E-state index in [4.69, 9.17) is 9.47 Å². The molecule has 0 spiro atoms. The second-order valence-corrected chi connectivity index (χ2v) is 5.06. The van der Waals surface area contributed by atoms with Crippen LogP contribution < -0.4 is 10.1 Å². The number of rotatable bonds is 4. The third-order valence-electron chi connectivity index (χ3n) is 3.86. The van der Waals surface area contributed by atoms with E-state index in [1.54, 1.807) is 0 Å². The van der Waals surface area contributed by atoms with E-state index >= 15 is 0 Å². The van der Waals surface area contributed by atoms with E-state index < -0.39 is 0 Å². The number of ketones is 1. The molecule has 2 unspecified atom stereocenters. The minimum atomic E-state index is -0.101. The third kappa shape index (κ3) is 2.26. The van der Waals surface area contributed by atoms with Crippen molar-refractivity contribution in [2.24, 2.45) is 5.92 Å². The summed E-state index contributed by atoms with van der Waals surface area (Å²) in [5.41, 5.74) is 1.86. The maximum atomic E-state index is 12.7. The van der Waals surface area contributed by atoms with Gasteiger partial charge < -0.3 is 14.8 Å². The molecule has 19 heavy (non-hydrogen) atoms. The number of para-hydroxylation sites is 1. The molecule has 1 N–H and O–H groups in total. The van der Waals surface area contributed by atoms with Crippen molar-refractivity contribution < 1.29 is 14.3 Å². The van der Waals surface area contributed by atoms with Crippen molar-refractivity contribution >= 4 is 5.78 Å². The fraction of sp³-hybridized carbons (Fsp3) is 0.533. The summed E-state index contributed by atoms with van der Waals surface area (Å²) >= 11 is 0. The first-order valence-electron chi connectivity index (χ1n) is 6.91. The van der Waals surface area contributed by atoms with Gasteiger partial charge >= 0.3 is 0 Å². The average molecular weight is 261 g/mol. The number of nitrogens with one attached hydrogen (secondary N) is 1. The maximum Gasteiger partial charge on any atom is 0.173 e. The number of likely N-dealkylation sites (N-methyl/N-ethyl adjacent to an activating group) is 1. The minimum absolute atomic E-state index is 0.101. The molecule has 0 amide bonds. The van der Waals surface area contributed by atoms with Gasteiger partial charge in [-0.05, 0) is 18.2 Å². The van der Waals surface area contributed by atoms with Crippen LogP contribution in [0.4, 0.5) is 0 Å². The van der Waals surface area contributed by atoms with Gasteiger partial charge in [0.15, 0.2) is 5.78 Å². The van der Waals surface area contributed by atoms with Crippen molar-refractivity contribution in [3.05, 3.63) is 29.3 Å². The van der Waals surface area contributed by atoms with Crippen LogP contribution in [0.5, 0.6) is 5.75 Å². The molecule has 1 aromatic carbocycles. The zero-order valence-electron chi connectivity index (χ0n) is 11.1. The molecule has 0 saturated carbocycles. The van der Waals surface area contributed by atoms with Gasteiger partial charge in [0.25, 0.3) is 0 Å². The first-order valence-corrected chi connectivity index (χ1v) is 6.91. The van der Waals surface area contributed by atoms with Crippen molar-refractivity contribution in [3.8, 4) is 5.75 Å². The quantitative estimate of drug-likeness (QED) is 0.833. The monoisotopic (exact) mass is 261 g/mol. The molecule has 2 aliphatic rings. The second kappa shape index (κ2) is 5.31. The van der Waals surface area contributed by atoms with Crippen LogP contribution in [0.1, 0.15) is 22.8 Å². The van der Waals surface area contributed by atoms with Gasteiger partial charge in [-0.1, -0.05) is 19.1 Å². The highest BCUT2D eigenvalue weighted by Gasteiger charge is 2.35. The van der Waals surface area contributed by atoms with E-state index in [9.17, 15) is 4.79 Å². The topological polar surface area (TPSA) is 47.6 Å². The molecule has 0 aliphatic carbocycles. The van der Waals surface area contributed by atoms with Gasteiger partial charge in [-0.2, -0.15) is 0 Å². The summed E-state index contributed by atoms with van der Waals surface area (Å²) in [6.45, 7) is 4.68. The maximum absolute atomic E-state index is 12.7. The molecule has 0 radical (unpaired) electrons. The van der Waals surface area contributed by atoms with Crippen LogP contribution in [0.25, 0.3) is 0 Å². The summed E-state index contributed by atoms with van der Waals surface area (Å²) in [5.74, 6) is 0.826. The number of hydrogen-bond donors (Lipinski definition) is 1. The summed E-state index contributed by atoms with van der Waals surface area (Å²) in [6, 6.07) is 5.97. The Morgan fingerprint density at radius 1 is 1.42 bits per heavy atom. The zero-order chi connectivity index (χ0) is 13.2. The van der Waals surface area contributed by atoms with E-state index in [1.165, 1.54) is 0 Å². The number of benzene rings is 1. The van der Waals surface area contributed by atoms with Crippen LogP contribution >= 0.6 is 0 Å². The Balaban J connectivity index is 1.86. The molecule has 3 rings (SSSR count). The largest absolute Gasteiger partial charge is 0.492 e. The molecular weight excluding hydrogens is 242 g/mol. The molecule has 1 saturated heterocycles. The molecule has 0 aromatic heterocycles. The number of fused-ring (bicyclic) bond motifs is 1. The predicted octanol–water partition coefficient (Wildman–Crippen LogP) is 1.43. The van der Waals surface area contributed by atoms with Gasteiger partial charge in [-0.25, -0.2) is 0 Å². The fourth-order valence-electron chi connectivity index (χ4n) is 2.89. The summed E-state index contributed by atoms with van der Waals surface area (Å²) < 4.78 is 11.1. The highest BCUT2D eigenvalue weighted by molar-refractivity contribution is 6.01. The van der Waals surface area contributed by atoms with Gasteiger partial charge in [-0.3, -0.25) is 4.79 Å². The number of ether oxygens (including phenoxy) is 2. The fourth-order valence-corrected chi connectivity index (χ4v) is 2.89. The van der Waals surface area contributed by atoms with Crippen LogP contribution in [0, 0.1) is 5.92 Å². The second-order valence-electron chi connectivity index (χ2n) is 5.06. The Hall–Kier alpha value is -1.39. The van der Waals surface area contributed by atoms with Crippen molar-refractivity contribution in [2.45, 2.75) is 19.4 Å². The predicted molar refractivity (Wildman–Crippen MR) is 71.7 cm³/mol. The third-order valence-corrected chi connectivity index (χ3v) is 3.86. The molecule has 2 aliphatic heterocycles. The highest BCUT2D eigenvalue weighted by atomic mass is 16.5. The Labute approximate surface area is 113 Å². The summed E-state index contributed by atoms with van der Waals surface area (Å²) in [6.07, 6.45) is 0.897. The van der Waals surface area contributed by atoms with Crippen LogP contribution in [-0.4, -0.2) is 38.2 Å². The Kier molecular flexibility index (Phi) is 3.53. The van der Waals surface area contributed by atoms with Crippen molar-refractivity contribution in [1.82, 2.24) is 5.32 Å². The van der Waals surface area contributed by atoms with Gasteiger partial charge in [-0.15, -0.1) is 0 Å². The minimum Gasteiger partial charge on any atom is -0.492 e. The van der Waals surface area contributed by atoms with Crippen LogP contribution in [0.15, 0.2) is 18.2 Å².